The van der Waals surface area contributed by atoms with Gasteiger partial charge in [0, 0.05) is 50.4 Å². The van der Waals surface area contributed by atoms with E-state index in [0.29, 0.717) is 18.5 Å². The summed E-state index contributed by atoms with van der Waals surface area (Å²) in [6.45, 7) is 8.65. The molecule has 1 aromatic heterocycles. The molecule has 0 aliphatic carbocycles. The molecule has 2 aliphatic rings. The molecule has 3 heterocycles. The number of hydrogen-bond acceptors (Lipinski definition) is 4. The molecule has 24 heavy (non-hydrogen) atoms. The van der Waals surface area contributed by atoms with Crippen molar-refractivity contribution in [3.63, 3.8) is 0 Å². The van der Waals surface area contributed by atoms with E-state index < -0.39 is 0 Å². The second-order valence-electron chi connectivity index (χ2n) is 7.05. The molecule has 2 aliphatic heterocycles. The van der Waals surface area contributed by atoms with Gasteiger partial charge in [-0.05, 0) is 26.3 Å². The third-order valence-electron chi connectivity index (χ3n) is 5.16. The van der Waals surface area contributed by atoms with E-state index in [9.17, 15) is 9.59 Å². The highest BCUT2D eigenvalue weighted by Gasteiger charge is 2.35. The van der Waals surface area contributed by atoms with Crippen LogP contribution in [0, 0.1) is 5.92 Å². The standard InChI is InChI=1S/C18H27N3O3/c1-14(2)19-9-10-24-16-12-21(8-6-15(16)11-19)18(23)13-20-7-4-3-5-17(20)22/h3-5,7,14-16H,6,8-13H2,1-2H3. The van der Waals surface area contributed by atoms with Crippen LogP contribution in [-0.2, 0) is 16.1 Å². The molecule has 0 saturated carbocycles. The van der Waals surface area contributed by atoms with E-state index in [1.807, 2.05) is 4.90 Å². The van der Waals surface area contributed by atoms with Gasteiger partial charge in [0.1, 0.15) is 6.54 Å². The molecule has 0 aromatic carbocycles. The zero-order valence-electron chi connectivity index (χ0n) is 14.6. The Hall–Kier alpha value is -1.66. The van der Waals surface area contributed by atoms with Crippen LogP contribution in [0.25, 0.3) is 0 Å². The summed E-state index contributed by atoms with van der Waals surface area (Å²) in [5, 5.41) is 0. The summed E-state index contributed by atoms with van der Waals surface area (Å²) in [6.07, 6.45) is 2.73. The number of hydrogen-bond donors (Lipinski definition) is 0. The van der Waals surface area contributed by atoms with Crippen LogP contribution >= 0.6 is 0 Å². The minimum atomic E-state index is -0.140. The van der Waals surface area contributed by atoms with Gasteiger partial charge in [0.15, 0.2) is 0 Å². The van der Waals surface area contributed by atoms with Crippen molar-refractivity contribution in [3.05, 3.63) is 34.7 Å². The van der Waals surface area contributed by atoms with Crippen LogP contribution in [0.3, 0.4) is 0 Å². The number of likely N-dealkylation sites (tertiary alicyclic amines) is 1. The Bertz CT molecular complexity index is 628. The summed E-state index contributed by atoms with van der Waals surface area (Å²) >= 11 is 0. The van der Waals surface area contributed by atoms with Gasteiger partial charge in [-0.1, -0.05) is 6.07 Å². The highest BCUT2D eigenvalue weighted by molar-refractivity contribution is 5.76. The second-order valence-corrected chi connectivity index (χ2v) is 7.05. The average molecular weight is 333 g/mol. The first-order valence-electron chi connectivity index (χ1n) is 8.83. The fourth-order valence-corrected chi connectivity index (χ4v) is 3.61. The summed E-state index contributed by atoms with van der Waals surface area (Å²) in [4.78, 5) is 28.6. The first-order chi connectivity index (χ1) is 11.5. The zero-order chi connectivity index (χ0) is 17.1. The Morgan fingerprint density at radius 3 is 2.88 bits per heavy atom. The van der Waals surface area contributed by atoms with Crippen LogP contribution in [0.4, 0.5) is 0 Å². The summed E-state index contributed by atoms with van der Waals surface area (Å²) in [6, 6.07) is 5.47. The summed E-state index contributed by atoms with van der Waals surface area (Å²) in [7, 11) is 0. The van der Waals surface area contributed by atoms with Crippen LogP contribution in [-0.4, -0.2) is 65.2 Å². The third kappa shape index (κ3) is 3.87. The maximum atomic E-state index is 12.6. The molecule has 0 spiro atoms. The maximum Gasteiger partial charge on any atom is 0.250 e. The Balaban J connectivity index is 1.61. The highest BCUT2D eigenvalue weighted by atomic mass is 16.5. The number of piperidine rings is 1. The van der Waals surface area contributed by atoms with Gasteiger partial charge in [-0.15, -0.1) is 0 Å². The summed E-state index contributed by atoms with van der Waals surface area (Å²) in [5.74, 6) is 0.480. The summed E-state index contributed by atoms with van der Waals surface area (Å²) < 4.78 is 7.50. The van der Waals surface area contributed by atoms with Crippen molar-refractivity contribution in [3.8, 4) is 0 Å². The number of nitrogens with zero attached hydrogens (tertiary/aromatic N) is 3. The first kappa shape index (κ1) is 17.2. The van der Waals surface area contributed by atoms with Gasteiger partial charge in [0.25, 0.3) is 5.56 Å². The molecular weight excluding hydrogens is 306 g/mol. The number of rotatable bonds is 3. The number of fused-ring (bicyclic) bond motifs is 1. The van der Waals surface area contributed by atoms with Gasteiger partial charge in [0.2, 0.25) is 5.91 Å². The van der Waals surface area contributed by atoms with E-state index in [0.717, 1.165) is 32.7 Å². The minimum Gasteiger partial charge on any atom is -0.375 e. The van der Waals surface area contributed by atoms with Crippen LogP contribution < -0.4 is 5.56 Å². The molecule has 2 saturated heterocycles. The zero-order valence-corrected chi connectivity index (χ0v) is 14.6. The number of carbonyl (C=O) groups excluding carboxylic acids is 1. The monoisotopic (exact) mass is 333 g/mol. The van der Waals surface area contributed by atoms with Crippen molar-refractivity contribution >= 4 is 5.91 Å². The third-order valence-corrected chi connectivity index (χ3v) is 5.16. The molecule has 0 N–H and O–H groups in total. The fraction of sp³-hybridized carbons (Fsp3) is 0.667. The van der Waals surface area contributed by atoms with Crippen LogP contribution in [0.2, 0.25) is 0 Å². The molecule has 1 amide bonds. The number of aromatic nitrogens is 1. The molecule has 2 fully saturated rings. The van der Waals surface area contributed by atoms with Gasteiger partial charge < -0.3 is 14.2 Å². The van der Waals surface area contributed by atoms with Crippen LogP contribution in [0.5, 0.6) is 0 Å². The molecule has 132 valence electrons. The fourth-order valence-electron chi connectivity index (χ4n) is 3.61. The number of ether oxygens (including phenoxy) is 1. The Labute approximate surface area is 143 Å². The maximum absolute atomic E-state index is 12.6. The predicted octanol–water partition coefficient (Wildman–Crippen LogP) is 0.806. The van der Waals surface area contributed by atoms with Crippen LogP contribution in [0.15, 0.2) is 29.2 Å². The smallest absolute Gasteiger partial charge is 0.250 e. The van der Waals surface area contributed by atoms with Crippen molar-refractivity contribution in [2.24, 2.45) is 5.92 Å². The highest BCUT2D eigenvalue weighted by Crippen LogP contribution is 2.25. The lowest BCUT2D eigenvalue weighted by Crippen LogP contribution is -2.50. The van der Waals surface area contributed by atoms with E-state index in [1.54, 1.807) is 18.3 Å². The van der Waals surface area contributed by atoms with Gasteiger partial charge in [-0.2, -0.15) is 0 Å². The minimum absolute atomic E-state index is 0.00434. The van der Waals surface area contributed by atoms with Gasteiger partial charge in [-0.3, -0.25) is 14.5 Å². The largest absolute Gasteiger partial charge is 0.375 e. The molecule has 2 unspecified atom stereocenters. The molecular formula is C18H27N3O3. The SMILES string of the molecule is CC(C)N1CCOC2CN(C(=O)Cn3ccccc3=O)CCC2C1. The predicted molar refractivity (Wildman–Crippen MR) is 91.8 cm³/mol. The van der Waals surface area contributed by atoms with Crippen molar-refractivity contribution in [1.82, 2.24) is 14.4 Å². The normalized spacial score (nSPS) is 25.4. The molecule has 1 aromatic rings. The van der Waals surface area contributed by atoms with Crippen LogP contribution in [0.1, 0.15) is 20.3 Å². The summed E-state index contributed by atoms with van der Waals surface area (Å²) in [5.41, 5.74) is -0.140. The van der Waals surface area contributed by atoms with Crippen molar-refractivity contribution < 1.29 is 9.53 Å². The molecule has 6 nitrogen and oxygen atoms in total. The number of carbonyl (C=O) groups is 1. The second kappa shape index (κ2) is 7.49. The van der Waals surface area contributed by atoms with Crippen molar-refractivity contribution in [1.29, 1.82) is 0 Å². The number of pyridine rings is 1. The van der Waals surface area contributed by atoms with Gasteiger partial charge in [-0.25, -0.2) is 0 Å². The Kier molecular flexibility index (Phi) is 5.36. The van der Waals surface area contributed by atoms with E-state index in [1.165, 1.54) is 10.6 Å². The Morgan fingerprint density at radius 2 is 2.12 bits per heavy atom. The number of amides is 1. The lowest BCUT2D eigenvalue weighted by atomic mass is 9.93. The van der Waals surface area contributed by atoms with E-state index >= 15 is 0 Å². The lowest BCUT2D eigenvalue weighted by Gasteiger charge is -2.38. The van der Waals surface area contributed by atoms with Gasteiger partial charge in [0.05, 0.1) is 12.7 Å². The van der Waals surface area contributed by atoms with Gasteiger partial charge >= 0.3 is 0 Å². The molecule has 0 radical (unpaired) electrons. The molecule has 6 heteroatoms. The van der Waals surface area contributed by atoms with Crippen molar-refractivity contribution in [2.75, 3.05) is 32.8 Å². The molecule has 2 atom stereocenters. The quantitative estimate of drug-likeness (QED) is 0.821. The topological polar surface area (TPSA) is 54.8 Å². The Morgan fingerprint density at radius 1 is 1.29 bits per heavy atom. The lowest BCUT2D eigenvalue weighted by molar-refractivity contribution is -0.137. The first-order valence-corrected chi connectivity index (χ1v) is 8.83. The van der Waals surface area contributed by atoms with Crippen molar-refractivity contribution in [2.45, 2.75) is 39.0 Å². The molecule has 0 bridgehead atoms. The average Bonchev–Trinajstić information content (AvgIpc) is 2.78. The molecule has 3 rings (SSSR count). The van der Waals surface area contributed by atoms with E-state index in [-0.39, 0.29) is 24.1 Å². The van der Waals surface area contributed by atoms with E-state index in [2.05, 4.69) is 18.7 Å². The van der Waals surface area contributed by atoms with E-state index in [4.69, 9.17) is 4.74 Å².